The number of hydrogen-bond acceptors (Lipinski definition) is 5. The van der Waals surface area contributed by atoms with Gasteiger partial charge in [0.2, 0.25) is 0 Å². The second-order valence-electron chi connectivity index (χ2n) is 3.30. The van der Waals surface area contributed by atoms with E-state index in [2.05, 4.69) is 10.1 Å². The van der Waals surface area contributed by atoms with Crippen LogP contribution < -0.4 is 5.32 Å². The quantitative estimate of drug-likeness (QED) is 0.362. The average molecular weight is 252 g/mol. The number of nitro groups is 1. The van der Waals surface area contributed by atoms with Crippen LogP contribution in [0.5, 0.6) is 0 Å². The van der Waals surface area contributed by atoms with Crippen molar-refractivity contribution in [2.75, 3.05) is 11.9 Å². The van der Waals surface area contributed by atoms with Crippen LogP contribution in [-0.2, 0) is 14.3 Å². The largest absolute Gasteiger partial charge is 0.460 e. The minimum absolute atomic E-state index is 0.0260. The van der Waals surface area contributed by atoms with Crippen LogP contribution in [-0.4, -0.2) is 29.4 Å². The lowest BCUT2D eigenvalue weighted by atomic mass is 10.2. The van der Waals surface area contributed by atoms with Gasteiger partial charge in [-0.15, -0.1) is 0 Å². The van der Waals surface area contributed by atoms with Gasteiger partial charge in [-0.3, -0.25) is 14.9 Å². The predicted octanol–water partition coefficient (Wildman–Crippen LogP) is 0.833. The van der Waals surface area contributed by atoms with Crippen LogP contribution in [0.1, 0.15) is 6.92 Å². The summed E-state index contributed by atoms with van der Waals surface area (Å²) in [4.78, 5) is 32.6. The Morgan fingerprint density at radius 1 is 1.39 bits per heavy atom. The monoisotopic (exact) mass is 252 g/mol. The lowest BCUT2D eigenvalue weighted by molar-refractivity contribution is -0.496. The predicted molar refractivity (Wildman–Crippen MR) is 62.5 cm³/mol. The van der Waals surface area contributed by atoms with E-state index in [1.165, 1.54) is 6.92 Å². The standard InChI is InChI=1S/C11H12N2O5/c1-2-18-11(15)9(13(16)17)10(14)12-8-6-4-3-5-7-8/h3-7,9H,2H2,1H3,(H,12,14)/t9-/m1/s1. The molecule has 1 aromatic carbocycles. The Kier molecular flexibility index (Phi) is 4.79. The molecule has 0 fully saturated rings. The Hall–Kier alpha value is -2.44. The molecule has 0 spiro atoms. The molecule has 18 heavy (non-hydrogen) atoms. The molecule has 0 aliphatic carbocycles. The number of nitrogens with zero attached hydrogens (tertiary/aromatic N) is 1. The molecule has 1 amide bonds. The molecule has 96 valence electrons. The van der Waals surface area contributed by atoms with Gasteiger partial charge in [0.25, 0.3) is 0 Å². The summed E-state index contributed by atoms with van der Waals surface area (Å²) in [5.74, 6) is -2.19. The summed E-state index contributed by atoms with van der Waals surface area (Å²) in [6.07, 6.45) is 0. The fraction of sp³-hybridized carbons (Fsp3) is 0.273. The summed E-state index contributed by atoms with van der Waals surface area (Å²) in [5, 5.41) is 13.0. The van der Waals surface area contributed by atoms with E-state index in [1.54, 1.807) is 30.3 Å². The van der Waals surface area contributed by atoms with Crippen molar-refractivity contribution in [2.24, 2.45) is 0 Å². The van der Waals surface area contributed by atoms with E-state index >= 15 is 0 Å². The molecule has 1 N–H and O–H groups in total. The van der Waals surface area contributed by atoms with E-state index in [0.717, 1.165) is 0 Å². The fourth-order valence-corrected chi connectivity index (χ4v) is 1.24. The van der Waals surface area contributed by atoms with Gasteiger partial charge >= 0.3 is 17.9 Å². The van der Waals surface area contributed by atoms with E-state index in [9.17, 15) is 19.7 Å². The third-order valence-corrected chi connectivity index (χ3v) is 2.01. The highest BCUT2D eigenvalue weighted by molar-refractivity contribution is 6.07. The molecule has 1 atom stereocenters. The van der Waals surface area contributed by atoms with Crippen LogP contribution >= 0.6 is 0 Å². The summed E-state index contributed by atoms with van der Waals surface area (Å²) in [7, 11) is 0. The minimum Gasteiger partial charge on any atom is -0.460 e. The molecule has 0 radical (unpaired) electrons. The second-order valence-corrected chi connectivity index (χ2v) is 3.30. The molecule has 7 nitrogen and oxygen atoms in total. The van der Waals surface area contributed by atoms with Gasteiger partial charge in [-0.1, -0.05) is 18.2 Å². The van der Waals surface area contributed by atoms with Crippen LogP contribution in [0, 0.1) is 10.1 Å². The van der Waals surface area contributed by atoms with E-state index in [-0.39, 0.29) is 6.61 Å². The van der Waals surface area contributed by atoms with Crippen LogP contribution in [0.4, 0.5) is 5.69 Å². The molecule has 0 aliphatic rings. The van der Waals surface area contributed by atoms with Gasteiger partial charge in [0.1, 0.15) is 0 Å². The minimum atomic E-state index is -2.05. The van der Waals surface area contributed by atoms with E-state index in [0.29, 0.717) is 5.69 Å². The molecule has 0 saturated carbocycles. The van der Waals surface area contributed by atoms with Crippen molar-refractivity contribution in [1.82, 2.24) is 0 Å². The third-order valence-electron chi connectivity index (χ3n) is 2.01. The summed E-state index contributed by atoms with van der Waals surface area (Å²) in [5.41, 5.74) is 0.374. The first-order valence-corrected chi connectivity index (χ1v) is 5.22. The molecule has 7 heteroatoms. The van der Waals surface area contributed by atoms with Crippen LogP contribution in [0.25, 0.3) is 0 Å². The number of rotatable bonds is 5. The first-order chi connectivity index (χ1) is 8.56. The van der Waals surface area contributed by atoms with Gasteiger partial charge in [-0.05, 0) is 19.1 Å². The average Bonchev–Trinajstić information content (AvgIpc) is 2.30. The third kappa shape index (κ3) is 3.55. The summed E-state index contributed by atoms with van der Waals surface area (Å²) < 4.78 is 4.48. The maximum absolute atomic E-state index is 11.6. The zero-order chi connectivity index (χ0) is 13.5. The first kappa shape index (κ1) is 13.6. The maximum atomic E-state index is 11.6. The van der Waals surface area contributed by atoms with Crippen molar-refractivity contribution in [3.63, 3.8) is 0 Å². The van der Waals surface area contributed by atoms with E-state index in [4.69, 9.17) is 0 Å². The lowest BCUT2D eigenvalue weighted by Crippen LogP contribution is -2.42. The topological polar surface area (TPSA) is 98.5 Å². The molecule has 1 rings (SSSR count). The molecule has 1 aromatic rings. The molecule has 0 saturated heterocycles. The Morgan fingerprint density at radius 2 is 2.00 bits per heavy atom. The number of benzene rings is 1. The van der Waals surface area contributed by atoms with Gasteiger partial charge in [0, 0.05) is 10.6 Å². The normalized spacial score (nSPS) is 11.4. The summed E-state index contributed by atoms with van der Waals surface area (Å²) in [6.45, 7) is 1.48. The van der Waals surface area contributed by atoms with Crippen LogP contribution in [0.2, 0.25) is 0 Å². The van der Waals surface area contributed by atoms with E-state index < -0.39 is 22.8 Å². The van der Waals surface area contributed by atoms with Gasteiger partial charge in [-0.25, -0.2) is 4.79 Å². The van der Waals surface area contributed by atoms with Crippen molar-refractivity contribution < 1.29 is 19.2 Å². The van der Waals surface area contributed by atoms with Gasteiger partial charge in [0.15, 0.2) is 0 Å². The van der Waals surface area contributed by atoms with Crippen molar-refractivity contribution >= 4 is 17.6 Å². The van der Waals surface area contributed by atoms with Gasteiger partial charge in [-0.2, -0.15) is 0 Å². The number of carbonyl (C=O) groups excluding carboxylic acids is 2. The SMILES string of the molecule is CCOC(=O)[C@@H](C(=O)Nc1ccccc1)[N+](=O)[O-]. The Labute approximate surface area is 103 Å². The molecule has 0 unspecified atom stereocenters. The summed E-state index contributed by atoms with van der Waals surface area (Å²) >= 11 is 0. The maximum Gasteiger partial charge on any atom is 0.392 e. The Bertz CT molecular complexity index is 446. The van der Waals surface area contributed by atoms with Crippen molar-refractivity contribution in [2.45, 2.75) is 13.0 Å². The van der Waals surface area contributed by atoms with Gasteiger partial charge in [0.05, 0.1) is 6.61 Å². The number of ether oxygens (including phenoxy) is 1. The molecule has 0 heterocycles. The molecular weight excluding hydrogens is 240 g/mol. The number of nitrogens with one attached hydrogen (secondary N) is 1. The van der Waals surface area contributed by atoms with Crippen LogP contribution in [0.15, 0.2) is 30.3 Å². The number of para-hydroxylation sites is 1. The first-order valence-electron chi connectivity index (χ1n) is 5.22. The lowest BCUT2D eigenvalue weighted by Gasteiger charge is -2.09. The molecular formula is C11H12N2O5. The number of carbonyl (C=O) groups is 2. The highest BCUT2D eigenvalue weighted by atomic mass is 16.6. The molecule has 0 bridgehead atoms. The van der Waals surface area contributed by atoms with Gasteiger partial charge < -0.3 is 10.1 Å². The number of amides is 1. The zero-order valence-electron chi connectivity index (χ0n) is 9.66. The highest BCUT2D eigenvalue weighted by Gasteiger charge is 2.39. The van der Waals surface area contributed by atoms with Crippen molar-refractivity contribution in [3.05, 3.63) is 40.4 Å². The number of anilines is 1. The molecule has 0 aromatic heterocycles. The summed E-state index contributed by atoms with van der Waals surface area (Å²) in [6, 6.07) is 6.10. The Balaban J connectivity index is 2.78. The molecule has 0 aliphatic heterocycles. The van der Waals surface area contributed by atoms with Crippen molar-refractivity contribution in [1.29, 1.82) is 0 Å². The van der Waals surface area contributed by atoms with Crippen molar-refractivity contribution in [3.8, 4) is 0 Å². The fourth-order valence-electron chi connectivity index (χ4n) is 1.24. The second kappa shape index (κ2) is 6.33. The Morgan fingerprint density at radius 3 is 2.50 bits per heavy atom. The highest BCUT2D eigenvalue weighted by Crippen LogP contribution is 2.07. The zero-order valence-corrected chi connectivity index (χ0v) is 9.66. The smallest absolute Gasteiger partial charge is 0.392 e. The van der Waals surface area contributed by atoms with E-state index in [1.807, 2.05) is 0 Å². The van der Waals surface area contributed by atoms with Crippen LogP contribution in [0.3, 0.4) is 0 Å². The number of hydrogen-bond donors (Lipinski definition) is 1. The number of esters is 1.